The fourth-order valence-corrected chi connectivity index (χ4v) is 2.05. The Labute approximate surface area is 151 Å². The van der Waals surface area contributed by atoms with Gasteiger partial charge in [0.25, 0.3) is 0 Å². The first-order valence-electron chi connectivity index (χ1n) is 7.60. The molecule has 2 N–H and O–H groups in total. The van der Waals surface area contributed by atoms with Crippen molar-refractivity contribution in [3.05, 3.63) is 70.8 Å². The number of benzene rings is 2. The zero-order valence-electron chi connectivity index (χ0n) is 13.9. The summed E-state index contributed by atoms with van der Waals surface area (Å²) in [6.07, 6.45) is 3.60. The number of nitrogens with zero attached hydrogens (tertiary/aromatic N) is 1. The van der Waals surface area contributed by atoms with E-state index in [9.17, 15) is 9.59 Å². The summed E-state index contributed by atoms with van der Waals surface area (Å²) in [4.78, 5) is 23.6. The van der Waals surface area contributed by atoms with Gasteiger partial charge in [0.1, 0.15) is 0 Å². The first kappa shape index (κ1) is 18.4. The van der Waals surface area contributed by atoms with Gasteiger partial charge in [-0.2, -0.15) is 5.10 Å². The molecule has 0 heterocycles. The molecule has 128 valence electrons. The number of nitrogens with one attached hydrogen (secondary N) is 2. The molecule has 0 unspecified atom stereocenters. The van der Waals surface area contributed by atoms with Crippen LogP contribution in [0.2, 0.25) is 5.02 Å². The summed E-state index contributed by atoms with van der Waals surface area (Å²) in [5.41, 5.74) is 5.12. The van der Waals surface area contributed by atoms with Crippen LogP contribution in [0.25, 0.3) is 6.08 Å². The second-order valence-electron chi connectivity index (χ2n) is 5.36. The van der Waals surface area contributed by atoms with Crippen LogP contribution in [0.3, 0.4) is 0 Å². The molecule has 0 spiro atoms. The third-order valence-corrected chi connectivity index (χ3v) is 3.69. The summed E-state index contributed by atoms with van der Waals surface area (Å²) < 4.78 is 0. The minimum absolute atomic E-state index is 0.445. The van der Waals surface area contributed by atoms with Crippen LogP contribution in [0.15, 0.2) is 59.7 Å². The number of hydrazone groups is 1. The molecular formula is C19H18ClN3O2. The highest BCUT2D eigenvalue weighted by molar-refractivity contribution is 6.40. The highest BCUT2D eigenvalue weighted by Crippen LogP contribution is 2.19. The van der Waals surface area contributed by atoms with Gasteiger partial charge in [0.2, 0.25) is 0 Å². The number of carbonyl (C=O) groups excluding carboxylic acids is 2. The Balaban J connectivity index is 1.90. The largest absolute Gasteiger partial charge is 0.329 e. The van der Waals surface area contributed by atoms with Gasteiger partial charge < -0.3 is 5.32 Å². The van der Waals surface area contributed by atoms with Crippen LogP contribution in [0.1, 0.15) is 18.1 Å². The van der Waals surface area contributed by atoms with Crippen LogP contribution < -0.4 is 10.7 Å². The lowest BCUT2D eigenvalue weighted by Crippen LogP contribution is -2.32. The Hall–Kier alpha value is -2.92. The summed E-state index contributed by atoms with van der Waals surface area (Å²) in [6.45, 7) is 3.57. The van der Waals surface area contributed by atoms with E-state index in [4.69, 9.17) is 11.6 Å². The lowest BCUT2D eigenvalue weighted by atomic mass is 10.2. The molecule has 0 aliphatic carbocycles. The summed E-state index contributed by atoms with van der Waals surface area (Å²) in [7, 11) is 0. The van der Waals surface area contributed by atoms with Gasteiger partial charge in [-0.25, -0.2) is 5.43 Å². The monoisotopic (exact) mass is 355 g/mol. The fraction of sp³-hybridized carbons (Fsp3) is 0.105. The Kier molecular flexibility index (Phi) is 6.48. The van der Waals surface area contributed by atoms with Gasteiger partial charge in [0.05, 0.1) is 5.71 Å². The molecule has 0 bridgehead atoms. The number of amides is 2. The van der Waals surface area contributed by atoms with E-state index in [1.807, 2.05) is 43.3 Å². The van der Waals surface area contributed by atoms with Crippen molar-refractivity contribution in [1.82, 2.24) is 5.43 Å². The molecule has 2 rings (SSSR count). The topological polar surface area (TPSA) is 70.6 Å². The minimum Gasteiger partial charge on any atom is -0.318 e. The highest BCUT2D eigenvalue weighted by atomic mass is 35.5. The van der Waals surface area contributed by atoms with E-state index in [0.29, 0.717) is 16.4 Å². The van der Waals surface area contributed by atoms with Gasteiger partial charge in [-0.1, -0.05) is 54.1 Å². The summed E-state index contributed by atoms with van der Waals surface area (Å²) in [5.74, 6) is -1.67. The minimum atomic E-state index is -0.857. The first-order valence-corrected chi connectivity index (χ1v) is 7.98. The number of hydrogen-bond acceptors (Lipinski definition) is 3. The van der Waals surface area contributed by atoms with E-state index in [0.717, 1.165) is 11.1 Å². The molecule has 0 aliphatic rings. The average Bonchev–Trinajstić information content (AvgIpc) is 2.61. The number of rotatable bonds is 4. The normalized spacial score (nSPS) is 11.4. The Morgan fingerprint density at radius 2 is 1.80 bits per heavy atom. The molecule has 0 atom stereocenters. The third-order valence-electron chi connectivity index (χ3n) is 3.29. The third kappa shape index (κ3) is 5.90. The lowest BCUT2D eigenvalue weighted by Gasteiger charge is -2.06. The van der Waals surface area contributed by atoms with Gasteiger partial charge in [-0.3, -0.25) is 9.59 Å². The van der Waals surface area contributed by atoms with Crippen molar-refractivity contribution in [3.63, 3.8) is 0 Å². The fourth-order valence-electron chi connectivity index (χ4n) is 1.87. The van der Waals surface area contributed by atoms with Crippen molar-refractivity contribution >= 4 is 40.9 Å². The lowest BCUT2D eigenvalue weighted by molar-refractivity contribution is -0.136. The van der Waals surface area contributed by atoms with Gasteiger partial charge >= 0.3 is 11.8 Å². The highest BCUT2D eigenvalue weighted by Gasteiger charge is 2.13. The molecule has 0 saturated carbocycles. The van der Waals surface area contributed by atoms with Crippen molar-refractivity contribution in [2.24, 2.45) is 5.10 Å². The molecule has 0 aromatic heterocycles. The average molecular weight is 356 g/mol. The van der Waals surface area contributed by atoms with Crippen LogP contribution >= 0.6 is 11.6 Å². The molecule has 2 aromatic carbocycles. The Morgan fingerprint density at radius 3 is 2.48 bits per heavy atom. The van der Waals surface area contributed by atoms with E-state index in [1.165, 1.54) is 0 Å². The van der Waals surface area contributed by atoms with Crippen molar-refractivity contribution in [2.45, 2.75) is 13.8 Å². The predicted molar refractivity (Wildman–Crippen MR) is 102 cm³/mol. The molecule has 0 radical (unpaired) electrons. The summed E-state index contributed by atoms with van der Waals surface area (Å²) in [6, 6.07) is 14.7. The summed E-state index contributed by atoms with van der Waals surface area (Å²) in [5, 5.41) is 6.86. The molecule has 0 fully saturated rings. The Morgan fingerprint density at radius 1 is 1.08 bits per heavy atom. The van der Waals surface area contributed by atoms with Crippen LogP contribution in [0, 0.1) is 6.92 Å². The molecule has 2 amide bonds. The van der Waals surface area contributed by atoms with E-state index in [1.54, 1.807) is 31.2 Å². The van der Waals surface area contributed by atoms with E-state index < -0.39 is 11.8 Å². The van der Waals surface area contributed by atoms with E-state index >= 15 is 0 Å². The first-order chi connectivity index (χ1) is 12.0. The number of carbonyl (C=O) groups is 2. The zero-order chi connectivity index (χ0) is 18.2. The second kappa shape index (κ2) is 8.80. The second-order valence-corrected chi connectivity index (χ2v) is 5.76. The number of hydrogen-bond donors (Lipinski definition) is 2. The van der Waals surface area contributed by atoms with Gasteiger partial charge in [-0.05, 0) is 43.2 Å². The van der Waals surface area contributed by atoms with Crippen LogP contribution in [-0.2, 0) is 9.59 Å². The SMILES string of the molecule is CC(/C=C/c1ccccc1)=N/NC(=O)C(=O)Nc1ccc(C)c(Cl)c1. The molecule has 25 heavy (non-hydrogen) atoms. The number of aryl methyl sites for hydroxylation is 1. The number of anilines is 1. The van der Waals surface area contributed by atoms with Crippen molar-refractivity contribution in [3.8, 4) is 0 Å². The predicted octanol–water partition coefficient (Wildman–Crippen LogP) is 3.79. The molecule has 6 heteroatoms. The standard InChI is InChI=1S/C19H18ClN3O2/c1-13-8-11-16(12-17(13)20)21-18(24)19(25)23-22-14(2)9-10-15-6-4-3-5-7-15/h3-12H,1-2H3,(H,21,24)(H,23,25)/b10-9+,22-14-. The van der Waals surface area contributed by atoms with E-state index in [2.05, 4.69) is 15.8 Å². The molecule has 5 nitrogen and oxygen atoms in total. The van der Waals surface area contributed by atoms with Gasteiger partial charge in [0.15, 0.2) is 0 Å². The van der Waals surface area contributed by atoms with Gasteiger partial charge in [0, 0.05) is 10.7 Å². The van der Waals surface area contributed by atoms with Crippen molar-refractivity contribution in [2.75, 3.05) is 5.32 Å². The maximum Gasteiger partial charge on any atom is 0.329 e. The summed E-state index contributed by atoms with van der Waals surface area (Å²) >= 11 is 5.98. The Bertz CT molecular complexity index is 830. The van der Waals surface area contributed by atoms with Gasteiger partial charge in [-0.15, -0.1) is 0 Å². The zero-order valence-corrected chi connectivity index (χ0v) is 14.7. The molecular weight excluding hydrogens is 338 g/mol. The maximum atomic E-state index is 11.8. The van der Waals surface area contributed by atoms with E-state index in [-0.39, 0.29) is 0 Å². The van der Waals surface area contributed by atoms with Crippen LogP contribution in [0.5, 0.6) is 0 Å². The van der Waals surface area contributed by atoms with Crippen molar-refractivity contribution in [1.29, 1.82) is 0 Å². The molecule has 2 aromatic rings. The number of allylic oxidation sites excluding steroid dienone is 1. The van der Waals surface area contributed by atoms with Crippen LogP contribution in [-0.4, -0.2) is 17.5 Å². The molecule has 0 saturated heterocycles. The smallest absolute Gasteiger partial charge is 0.318 e. The quantitative estimate of drug-likeness (QED) is 0.497. The molecule has 0 aliphatic heterocycles. The number of halogens is 1. The van der Waals surface area contributed by atoms with Crippen LogP contribution in [0.4, 0.5) is 5.69 Å². The maximum absolute atomic E-state index is 11.8. The van der Waals surface area contributed by atoms with Crippen molar-refractivity contribution < 1.29 is 9.59 Å².